The first kappa shape index (κ1) is 18.7. The van der Waals surface area contributed by atoms with Crippen molar-refractivity contribution < 1.29 is 4.74 Å². The van der Waals surface area contributed by atoms with Gasteiger partial charge in [0.15, 0.2) is 5.75 Å². The summed E-state index contributed by atoms with van der Waals surface area (Å²) in [5.41, 5.74) is 0.535. The minimum Gasteiger partial charge on any atom is -0.488 e. The third-order valence-corrected chi connectivity index (χ3v) is 6.33. The molecule has 1 atom stereocenters. The molecule has 7 nitrogen and oxygen atoms in total. The van der Waals surface area contributed by atoms with Crippen LogP contribution in [0.4, 0.5) is 0 Å². The van der Waals surface area contributed by atoms with Crippen LogP contribution in [-0.2, 0) is 19.4 Å². The first-order chi connectivity index (χ1) is 13.5. The molecular weight excluding hydrogens is 378 g/mol. The van der Waals surface area contributed by atoms with E-state index in [2.05, 4.69) is 16.9 Å². The second-order valence-electron chi connectivity index (χ2n) is 7.41. The topological polar surface area (TPSA) is 96.9 Å². The van der Waals surface area contributed by atoms with Crippen LogP contribution in [0.15, 0.2) is 26.6 Å². The molecule has 8 heteroatoms. The first-order valence-electron chi connectivity index (χ1n) is 9.59. The Labute approximate surface area is 165 Å². The normalized spacial score (nSPS) is 16.3. The van der Waals surface area contributed by atoms with Gasteiger partial charge in [-0.25, -0.2) is 4.79 Å². The number of rotatable bonds is 5. The van der Waals surface area contributed by atoms with Crippen molar-refractivity contribution in [2.75, 3.05) is 6.61 Å². The molecule has 0 radical (unpaired) electrons. The number of aromatic amines is 2. The lowest BCUT2D eigenvalue weighted by Gasteiger charge is -2.17. The number of fused-ring (bicyclic) bond motifs is 3. The Bertz CT molecular complexity index is 1200. The van der Waals surface area contributed by atoms with E-state index < -0.39 is 5.69 Å². The summed E-state index contributed by atoms with van der Waals surface area (Å²) in [4.78, 5) is 45.5. The monoisotopic (exact) mass is 401 g/mol. The minimum absolute atomic E-state index is 0.00836. The Kier molecular flexibility index (Phi) is 4.97. The van der Waals surface area contributed by atoms with E-state index in [9.17, 15) is 14.4 Å². The van der Waals surface area contributed by atoms with Gasteiger partial charge in [0.2, 0.25) is 5.43 Å². The van der Waals surface area contributed by atoms with Gasteiger partial charge in [-0.05, 0) is 37.2 Å². The molecular formula is C20H23N3O4S. The fourth-order valence-corrected chi connectivity index (χ4v) is 5.08. The quantitative estimate of drug-likeness (QED) is 0.686. The smallest absolute Gasteiger partial charge is 0.329 e. The number of thiophene rings is 1. The molecule has 0 spiro atoms. The molecule has 0 saturated heterocycles. The van der Waals surface area contributed by atoms with Crippen molar-refractivity contribution in [3.8, 4) is 5.75 Å². The summed E-state index contributed by atoms with van der Waals surface area (Å²) >= 11 is 1.52. The van der Waals surface area contributed by atoms with Crippen LogP contribution in [0.1, 0.15) is 42.8 Å². The van der Waals surface area contributed by atoms with Gasteiger partial charge in [-0.15, -0.1) is 11.3 Å². The number of aryl methyl sites for hydroxylation is 1. The molecule has 4 rings (SSSR count). The highest BCUT2D eigenvalue weighted by Crippen LogP contribution is 2.35. The van der Waals surface area contributed by atoms with Crippen molar-refractivity contribution >= 4 is 21.6 Å². The van der Waals surface area contributed by atoms with Gasteiger partial charge in [-0.3, -0.25) is 19.1 Å². The molecule has 0 aliphatic heterocycles. The molecule has 0 aromatic carbocycles. The van der Waals surface area contributed by atoms with Crippen LogP contribution in [-0.4, -0.2) is 21.1 Å². The summed E-state index contributed by atoms with van der Waals surface area (Å²) in [6.45, 7) is 4.63. The average molecular weight is 401 g/mol. The highest BCUT2D eigenvalue weighted by atomic mass is 32.1. The standard InChI is InChI=1S/C20H23N3O4S/c1-3-6-27-15-9-21-12(8-14(15)24)10-23-19(25)17-13-5-4-11(2)7-16(13)28-18(17)22-20(23)26/h8-9,11H,3-7,10H2,1-2H3,(H,21,24)(H,22,26). The van der Waals surface area contributed by atoms with Crippen molar-refractivity contribution in [3.05, 3.63) is 59.5 Å². The van der Waals surface area contributed by atoms with E-state index in [4.69, 9.17) is 4.74 Å². The van der Waals surface area contributed by atoms with Gasteiger partial charge in [0.1, 0.15) is 4.83 Å². The zero-order valence-corrected chi connectivity index (χ0v) is 16.8. The van der Waals surface area contributed by atoms with Gasteiger partial charge < -0.3 is 9.72 Å². The molecule has 1 aliphatic carbocycles. The number of aromatic nitrogens is 3. The van der Waals surface area contributed by atoms with Gasteiger partial charge >= 0.3 is 5.69 Å². The highest BCUT2D eigenvalue weighted by molar-refractivity contribution is 7.18. The number of nitrogens with one attached hydrogen (secondary N) is 2. The van der Waals surface area contributed by atoms with E-state index in [0.717, 1.165) is 35.8 Å². The molecule has 1 aliphatic rings. The van der Waals surface area contributed by atoms with Crippen LogP contribution < -0.4 is 21.4 Å². The van der Waals surface area contributed by atoms with Crippen LogP contribution in [0.5, 0.6) is 5.75 Å². The van der Waals surface area contributed by atoms with Gasteiger partial charge in [-0.1, -0.05) is 13.8 Å². The Morgan fingerprint density at radius 2 is 2.14 bits per heavy atom. The molecule has 148 valence electrons. The van der Waals surface area contributed by atoms with Crippen LogP contribution in [0, 0.1) is 5.92 Å². The van der Waals surface area contributed by atoms with Gasteiger partial charge in [0.25, 0.3) is 5.56 Å². The molecule has 0 amide bonds. The van der Waals surface area contributed by atoms with Crippen molar-refractivity contribution in [2.24, 2.45) is 5.92 Å². The fourth-order valence-electron chi connectivity index (χ4n) is 3.69. The number of H-pyrrole nitrogens is 2. The molecule has 3 aromatic heterocycles. The second-order valence-corrected chi connectivity index (χ2v) is 8.52. The molecule has 2 N–H and O–H groups in total. The molecule has 0 fully saturated rings. The van der Waals surface area contributed by atoms with Crippen LogP contribution in [0.2, 0.25) is 0 Å². The SMILES string of the molecule is CCCOc1c[nH]c(Cn2c(=O)[nH]c3sc4c(c3c2=O)CCC(C)C4)cc1=O. The van der Waals surface area contributed by atoms with E-state index in [1.807, 2.05) is 6.92 Å². The minimum atomic E-state index is -0.462. The lowest BCUT2D eigenvalue weighted by Crippen LogP contribution is -2.35. The largest absolute Gasteiger partial charge is 0.488 e. The number of hydrogen-bond acceptors (Lipinski definition) is 5. The van der Waals surface area contributed by atoms with Crippen LogP contribution in [0.3, 0.4) is 0 Å². The van der Waals surface area contributed by atoms with E-state index >= 15 is 0 Å². The molecule has 1 unspecified atom stereocenters. The summed E-state index contributed by atoms with van der Waals surface area (Å²) in [5.74, 6) is 0.830. The van der Waals surface area contributed by atoms with Gasteiger partial charge in [0.05, 0.1) is 18.5 Å². The number of pyridine rings is 1. The van der Waals surface area contributed by atoms with Crippen LogP contribution >= 0.6 is 11.3 Å². The maximum atomic E-state index is 13.1. The maximum Gasteiger partial charge on any atom is 0.329 e. The summed E-state index contributed by atoms with van der Waals surface area (Å²) < 4.78 is 6.54. The first-order valence-corrected chi connectivity index (χ1v) is 10.4. The summed E-state index contributed by atoms with van der Waals surface area (Å²) in [7, 11) is 0. The van der Waals surface area contributed by atoms with E-state index in [1.165, 1.54) is 28.5 Å². The third-order valence-electron chi connectivity index (χ3n) is 5.16. The molecule has 28 heavy (non-hydrogen) atoms. The Balaban J connectivity index is 1.73. The van der Waals surface area contributed by atoms with Crippen LogP contribution in [0.25, 0.3) is 10.2 Å². The van der Waals surface area contributed by atoms with E-state index in [-0.39, 0.29) is 23.3 Å². The Morgan fingerprint density at radius 3 is 2.89 bits per heavy atom. The Morgan fingerprint density at radius 1 is 1.32 bits per heavy atom. The van der Waals surface area contributed by atoms with Gasteiger partial charge in [0, 0.05) is 22.8 Å². The third kappa shape index (κ3) is 3.32. The van der Waals surface area contributed by atoms with Crippen molar-refractivity contribution in [2.45, 2.75) is 46.1 Å². The van der Waals surface area contributed by atoms with E-state index in [0.29, 0.717) is 28.4 Å². The molecule has 0 saturated carbocycles. The zero-order chi connectivity index (χ0) is 19.8. The average Bonchev–Trinajstić information content (AvgIpc) is 3.01. The summed E-state index contributed by atoms with van der Waals surface area (Å²) in [6.07, 6.45) is 5.14. The Hall–Kier alpha value is -2.61. The van der Waals surface area contributed by atoms with Crippen molar-refractivity contribution in [1.82, 2.24) is 14.5 Å². The summed E-state index contributed by atoms with van der Waals surface area (Å²) in [5, 5.41) is 0.622. The van der Waals surface area contributed by atoms with Gasteiger partial charge in [-0.2, -0.15) is 0 Å². The second kappa shape index (κ2) is 7.43. The highest BCUT2D eigenvalue weighted by Gasteiger charge is 2.23. The van der Waals surface area contributed by atoms with E-state index in [1.54, 1.807) is 0 Å². The summed E-state index contributed by atoms with van der Waals surface area (Å²) in [6, 6.07) is 1.38. The lowest BCUT2D eigenvalue weighted by atomic mass is 9.89. The number of ether oxygens (including phenoxy) is 1. The number of hydrogen-bond donors (Lipinski definition) is 2. The molecule has 3 heterocycles. The lowest BCUT2D eigenvalue weighted by molar-refractivity contribution is 0.313. The predicted molar refractivity (Wildman–Crippen MR) is 110 cm³/mol. The zero-order valence-electron chi connectivity index (χ0n) is 16.0. The molecule has 0 bridgehead atoms. The number of nitrogens with zero attached hydrogens (tertiary/aromatic N) is 1. The fraction of sp³-hybridized carbons (Fsp3) is 0.450. The van der Waals surface area contributed by atoms with Crippen molar-refractivity contribution in [1.29, 1.82) is 0 Å². The maximum absolute atomic E-state index is 13.1. The molecule has 3 aromatic rings. The van der Waals surface area contributed by atoms with Crippen molar-refractivity contribution in [3.63, 3.8) is 0 Å². The predicted octanol–water partition coefficient (Wildman–Crippen LogP) is 2.40.